The fourth-order valence-electron chi connectivity index (χ4n) is 4.09. The molecule has 1 amide bonds. The molecule has 134 valence electrons. The maximum absolute atomic E-state index is 12.7. The topological polar surface area (TPSA) is 84.2 Å². The van der Waals surface area contributed by atoms with E-state index in [4.69, 9.17) is 4.52 Å². The molecule has 0 radical (unpaired) electrons. The lowest BCUT2D eigenvalue weighted by Crippen LogP contribution is -2.46. The summed E-state index contributed by atoms with van der Waals surface area (Å²) in [6.07, 6.45) is 9.42. The average molecular weight is 343 g/mol. The summed E-state index contributed by atoms with van der Waals surface area (Å²) in [6, 6.07) is 0.364. The van der Waals surface area contributed by atoms with Crippen LogP contribution in [-0.4, -0.2) is 40.2 Å². The van der Waals surface area contributed by atoms with Crippen LogP contribution in [-0.2, 0) is 4.79 Å². The summed E-state index contributed by atoms with van der Waals surface area (Å²) in [5.41, 5.74) is 1.30. The molecule has 1 aliphatic carbocycles. The number of amides is 1. The fourth-order valence-corrected chi connectivity index (χ4v) is 4.09. The molecule has 7 nitrogen and oxygen atoms in total. The number of fused-ring (bicyclic) bond motifs is 1. The normalized spacial score (nSPS) is 22.3. The van der Waals surface area contributed by atoms with Gasteiger partial charge in [-0.15, -0.1) is 0 Å². The fraction of sp³-hybridized carbons (Fsp3) is 0.667. The molecule has 1 N–H and O–H groups in total. The van der Waals surface area contributed by atoms with E-state index in [2.05, 4.69) is 25.3 Å². The van der Waals surface area contributed by atoms with Crippen molar-refractivity contribution >= 4 is 22.8 Å². The van der Waals surface area contributed by atoms with Crippen LogP contribution in [0.4, 0.5) is 5.82 Å². The van der Waals surface area contributed by atoms with Crippen molar-refractivity contribution in [1.82, 2.24) is 20.4 Å². The first-order chi connectivity index (χ1) is 12.2. The molecule has 1 saturated carbocycles. The maximum Gasteiger partial charge on any atom is 0.263 e. The first-order valence-electron chi connectivity index (χ1n) is 9.34. The Kier molecular flexibility index (Phi) is 4.55. The Morgan fingerprint density at radius 1 is 1.20 bits per heavy atom. The van der Waals surface area contributed by atoms with Crippen LogP contribution in [0.3, 0.4) is 0 Å². The van der Waals surface area contributed by atoms with Crippen molar-refractivity contribution in [1.29, 1.82) is 0 Å². The van der Waals surface area contributed by atoms with Crippen LogP contribution < -0.4 is 10.2 Å². The Hall–Kier alpha value is -2.18. The minimum atomic E-state index is 0.0147. The van der Waals surface area contributed by atoms with Crippen molar-refractivity contribution in [3.05, 3.63) is 12.0 Å². The zero-order valence-electron chi connectivity index (χ0n) is 14.7. The van der Waals surface area contributed by atoms with Crippen LogP contribution in [0.1, 0.15) is 50.6 Å². The lowest BCUT2D eigenvalue weighted by Gasteiger charge is -2.34. The van der Waals surface area contributed by atoms with Crippen molar-refractivity contribution in [2.75, 3.05) is 18.0 Å². The summed E-state index contributed by atoms with van der Waals surface area (Å²) in [5, 5.41) is 8.13. The SMILES string of the molecule is Cc1noc2ncnc(N3CCCC(C(=O)NC4CCCCC4)C3)c12. The third-order valence-electron chi connectivity index (χ3n) is 5.47. The van der Waals surface area contributed by atoms with E-state index in [0.29, 0.717) is 18.3 Å². The molecule has 1 saturated heterocycles. The van der Waals surface area contributed by atoms with E-state index < -0.39 is 0 Å². The molecule has 1 unspecified atom stereocenters. The van der Waals surface area contributed by atoms with Crippen LogP contribution in [0.25, 0.3) is 11.1 Å². The Balaban J connectivity index is 1.48. The third kappa shape index (κ3) is 3.32. The van der Waals surface area contributed by atoms with Gasteiger partial charge in [0.25, 0.3) is 5.71 Å². The number of carbonyl (C=O) groups is 1. The molecule has 2 aromatic rings. The third-order valence-corrected chi connectivity index (χ3v) is 5.47. The molecule has 4 rings (SSSR count). The van der Waals surface area contributed by atoms with Crippen LogP contribution in [0.2, 0.25) is 0 Å². The molecular formula is C18H25N5O2. The maximum atomic E-state index is 12.7. The second-order valence-electron chi connectivity index (χ2n) is 7.27. The molecule has 0 spiro atoms. The van der Waals surface area contributed by atoms with Crippen LogP contribution in [0, 0.1) is 12.8 Å². The van der Waals surface area contributed by atoms with Gasteiger partial charge in [-0.1, -0.05) is 24.4 Å². The molecule has 2 aromatic heterocycles. The van der Waals surface area contributed by atoms with Crippen molar-refractivity contribution in [2.24, 2.45) is 5.92 Å². The number of piperidine rings is 1. The van der Waals surface area contributed by atoms with Gasteiger partial charge in [0.15, 0.2) is 0 Å². The summed E-state index contributed by atoms with van der Waals surface area (Å²) in [5.74, 6) is 1.05. The van der Waals surface area contributed by atoms with Crippen LogP contribution in [0.15, 0.2) is 10.9 Å². The van der Waals surface area contributed by atoms with E-state index in [1.54, 1.807) is 0 Å². The van der Waals surface area contributed by atoms with Crippen LogP contribution >= 0.6 is 0 Å². The largest absolute Gasteiger partial charge is 0.355 e. The number of aryl methyl sites for hydroxylation is 1. The highest BCUT2D eigenvalue weighted by molar-refractivity contribution is 5.88. The zero-order chi connectivity index (χ0) is 17.2. The number of nitrogens with one attached hydrogen (secondary N) is 1. The number of anilines is 1. The monoisotopic (exact) mass is 343 g/mol. The van der Waals surface area contributed by atoms with Crippen LogP contribution in [0.5, 0.6) is 0 Å². The van der Waals surface area contributed by atoms with E-state index in [1.807, 2.05) is 6.92 Å². The van der Waals surface area contributed by atoms with Crippen molar-refractivity contribution in [3.8, 4) is 0 Å². The molecular weight excluding hydrogens is 318 g/mol. The molecule has 0 bridgehead atoms. The minimum absolute atomic E-state index is 0.0147. The summed E-state index contributed by atoms with van der Waals surface area (Å²) in [4.78, 5) is 23.5. The number of carbonyl (C=O) groups excluding carboxylic acids is 1. The Morgan fingerprint density at radius 3 is 2.88 bits per heavy atom. The Bertz CT molecular complexity index is 753. The standard InChI is InChI=1S/C18H25N5O2/c1-12-15-16(19-11-20-18(15)25-22-12)23-9-5-6-13(10-23)17(24)21-14-7-3-2-4-8-14/h11,13-14H,2-10H2,1H3,(H,21,24). The average Bonchev–Trinajstić information content (AvgIpc) is 3.04. The van der Waals surface area contributed by atoms with E-state index in [1.165, 1.54) is 25.6 Å². The van der Waals surface area contributed by atoms with Gasteiger partial charge in [-0.25, -0.2) is 4.98 Å². The van der Waals surface area contributed by atoms with Crippen molar-refractivity contribution in [3.63, 3.8) is 0 Å². The predicted molar refractivity (Wildman–Crippen MR) is 94.3 cm³/mol. The highest BCUT2D eigenvalue weighted by Crippen LogP contribution is 2.29. The second kappa shape index (κ2) is 6.98. The van der Waals surface area contributed by atoms with E-state index >= 15 is 0 Å². The highest BCUT2D eigenvalue weighted by Gasteiger charge is 2.29. The van der Waals surface area contributed by atoms with Gasteiger partial charge in [0, 0.05) is 19.1 Å². The first-order valence-corrected chi connectivity index (χ1v) is 9.34. The van der Waals surface area contributed by atoms with Gasteiger partial charge in [-0.05, 0) is 32.6 Å². The number of aromatic nitrogens is 3. The van der Waals surface area contributed by atoms with Crippen molar-refractivity contribution in [2.45, 2.75) is 57.9 Å². The molecule has 25 heavy (non-hydrogen) atoms. The molecule has 0 aromatic carbocycles. The molecule has 2 aliphatic rings. The van der Waals surface area contributed by atoms with E-state index in [-0.39, 0.29) is 11.8 Å². The lowest BCUT2D eigenvalue weighted by atomic mass is 9.93. The minimum Gasteiger partial charge on any atom is -0.355 e. The van der Waals surface area contributed by atoms with Gasteiger partial charge >= 0.3 is 0 Å². The number of rotatable bonds is 3. The molecule has 7 heteroatoms. The quantitative estimate of drug-likeness (QED) is 0.922. The molecule has 2 fully saturated rings. The second-order valence-corrected chi connectivity index (χ2v) is 7.27. The lowest BCUT2D eigenvalue weighted by molar-refractivity contribution is -0.126. The van der Waals surface area contributed by atoms with Crippen molar-refractivity contribution < 1.29 is 9.32 Å². The van der Waals surface area contributed by atoms with Gasteiger partial charge < -0.3 is 14.7 Å². The van der Waals surface area contributed by atoms with E-state index in [0.717, 1.165) is 49.1 Å². The highest BCUT2D eigenvalue weighted by atomic mass is 16.5. The first kappa shape index (κ1) is 16.3. The summed E-state index contributed by atoms with van der Waals surface area (Å²) in [7, 11) is 0. The van der Waals surface area contributed by atoms with E-state index in [9.17, 15) is 4.79 Å². The number of nitrogens with zero attached hydrogens (tertiary/aromatic N) is 4. The zero-order valence-corrected chi connectivity index (χ0v) is 14.7. The van der Waals surface area contributed by atoms with Gasteiger partial charge in [0.1, 0.15) is 17.5 Å². The van der Waals surface area contributed by atoms with Gasteiger partial charge in [-0.3, -0.25) is 4.79 Å². The number of hydrogen-bond acceptors (Lipinski definition) is 6. The number of hydrogen-bond donors (Lipinski definition) is 1. The van der Waals surface area contributed by atoms with Gasteiger partial charge in [0.2, 0.25) is 5.91 Å². The molecule has 1 aliphatic heterocycles. The van der Waals surface area contributed by atoms with Gasteiger partial charge in [0.05, 0.1) is 11.6 Å². The summed E-state index contributed by atoms with van der Waals surface area (Å²) >= 11 is 0. The van der Waals surface area contributed by atoms with Gasteiger partial charge in [-0.2, -0.15) is 4.98 Å². The molecule has 3 heterocycles. The Labute approximate surface area is 147 Å². The predicted octanol–water partition coefficient (Wildman–Crippen LogP) is 2.59. The molecule has 1 atom stereocenters. The Morgan fingerprint density at radius 2 is 2.04 bits per heavy atom. The summed E-state index contributed by atoms with van der Waals surface area (Å²) < 4.78 is 5.25. The summed E-state index contributed by atoms with van der Waals surface area (Å²) in [6.45, 7) is 3.48. The smallest absolute Gasteiger partial charge is 0.263 e.